The molecule has 1 amide bonds. The molecule has 0 spiro atoms. The number of anilines is 1. The predicted molar refractivity (Wildman–Crippen MR) is 103 cm³/mol. The molecule has 144 valence electrons. The van der Waals surface area contributed by atoms with Crippen molar-refractivity contribution in [3.05, 3.63) is 22.7 Å². The van der Waals surface area contributed by atoms with Crippen molar-refractivity contribution in [2.24, 2.45) is 0 Å². The van der Waals surface area contributed by atoms with Crippen molar-refractivity contribution in [1.82, 2.24) is 10.6 Å². The van der Waals surface area contributed by atoms with Gasteiger partial charge in [-0.2, -0.15) is 0 Å². The topological polar surface area (TPSA) is 109 Å². The highest BCUT2D eigenvalue weighted by molar-refractivity contribution is 7.80. The third-order valence-corrected chi connectivity index (χ3v) is 3.41. The van der Waals surface area contributed by atoms with Crippen LogP contribution in [0.1, 0.15) is 31.1 Å². The summed E-state index contributed by atoms with van der Waals surface area (Å²) in [7, 11) is 1.36. The van der Waals surface area contributed by atoms with Crippen LogP contribution in [-0.4, -0.2) is 48.1 Å². The number of halogens is 1. The van der Waals surface area contributed by atoms with E-state index in [2.05, 4.69) is 16.0 Å². The Labute approximate surface area is 162 Å². The molecule has 0 heterocycles. The van der Waals surface area contributed by atoms with E-state index in [9.17, 15) is 9.59 Å². The fraction of sp³-hybridized carbons (Fsp3) is 0.438. The van der Waals surface area contributed by atoms with Gasteiger partial charge < -0.3 is 30.5 Å². The summed E-state index contributed by atoms with van der Waals surface area (Å²) in [5.41, 5.74) is -0.221. The number of carboxylic acid groups (broad SMARTS) is 1. The second-order valence-electron chi connectivity index (χ2n) is 6.15. The number of carboxylic acids is 1. The fourth-order valence-electron chi connectivity index (χ4n) is 1.81. The zero-order valence-corrected chi connectivity index (χ0v) is 16.5. The van der Waals surface area contributed by atoms with Crippen molar-refractivity contribution in [2.45, 2.75) is 26.4 Å². The molecular weight excluding hydrogens is 382 g/mol. The summed E-state index contributed by atoms with van der Waals surface area (Å²) in [5, 5.41) is 17.9. The molecule has 10 heteroatoms. The Kier molecular flexibility index (Phi) is 7.91. The maximum atomic E-state index is 11.5. The molecule has 1 aromatic carbocycles. The molecule has 1 aromatic rings. The van der Waals surface area contributed by atoms with Gasteiger partial charge in [0.05, 0.1) is 17.8 Å². The van der Waals surface area contributed by atoms with Crippen molar-refractivity contribution in [2.75, 3.05) is 25.5 Å². The minimum atomic E-state index is -1.15. The number of thiocarbonyl (C=S) groups is 1. The lowest BCUT2D eigenvalue weighted by Gasteiger charge is -2.20. The zero-order valence-electron chi connectivity index (χ0n) is 14.9. The van der Waals surface area contributed by atoms with Crippen molar-refractivity contribution >= 4 is 46.7 Å². The quantitative estimate of drug-likeness (QED) is 0.424. The molecule has 0 unspecified atom stereocenters. The molecule has 0 aromatic heterocycles. The summed E-state index contributed by atoms with van der Waals surface area (Å²) in [6.07, 6.45) is -0.518. The highest BCUT2D eigenvalue weighted by Crippen LogP contribution is 2.30. The smallest absolute Gasteiger partial charge is 0.407 e. The first kappa shape index (κ1) is 21.8. The van der Waals surface area contributed by atoms with Gasteiger partial charge in [0.25, 0.3) is 0 Å². The van der Waals surface area contributed by atoms with E-state index in [1.54, 1.807) is 20.8 Å². The Bertz CT molecular complexity index is 691. The monoisotopic (exact) mass is 403 g/mol. The number of aromatic carboxylic acids is 1. The Morgan fingerprint density at radius 3 is 2.38 bits per heavy atom. The van der Waals surface area contributed by atoms with E-state index in [4.69, 9.17) is 38.4 Å². The van der Waals surface area contributed by atoms with E-state index in [1.165, 1.54) is 19.2 Å². The number of carbonyl (C=O) groups is 2. The molecule has 0 aliphatic rings. The van der Waals surface area contributed by atoms with E-state index < -0.39 is 17.7 Å². The minimum Gasteiger partial charge on any atom is -0.496 e. The van der Waals surface area contributed by atoms with Gasteiger partial charge in [-0.15, -0.1) is 0 Å². The number of benzene rings is 1. The van der Waals surface area contributed by atoms with E-state index in [-0.39, 0.29) is 21.4 Å². The molecule has 0 aliphatic carbocycles. The van der Waals surface area contributed by atoms with E-state index in [0.717, 1.165) is 0 Å². The summed E-state index contributed by atoms with van der Waals surface area (Å²) in [6.45, 7) is 5.98. The van der Waals surface area contributed by atoms with Crippen molar-refractivity contribution < 1.29 is 24.2 Å². The number of alkyl carbamates (subject to hydrolysis) is 1. The van der Waals surface area contributed by atoms with Gasteiger partial charge in [-0.05, 0) is 39.1 Å². The minimum absolute atomic E-state index is 0.0523. The summed E-state index contributed by atoms with van der Waals surface area (Å²) in [4.78, 5) is 22.6. The average molecular weight is 404 g/mol. The van der Waals surface area contributed by atoms with Gasteiger partial charge >= 0.3 is 12.1 Å². The van der Waals surface area contributed by atoms with Crippen LogP contribution in [0.25, 0.3) is 0 Å². The van der Waals surface area contributed by atoms with Crippen molar-refractivity contribution in [3.63, 3.8) is 0 Å². The first-order chi connectivity index (χ1) is 12.0. The Hall–Kier alpha value is -2.26. The maximum Gasteiger partial charge on any atom is 0.407 e. The predicted octanol–water partition coefficient (Wildman–Crippen LogP) is 2.86. The summed E-state index contributed by atoms with van der Waals surface area (Å²) in [6, 6.07) is 2.72. The summed E-state index contributed by atoms with van der Waals surface area (Å²) < 4.78 is 10.2. The third-order valence-electron chi connectivity index (χ3n) is 2.85. The number of ether oxygens (including phenoxy) is 2. The molecule has 0 atom stereocenters. The molecule has 0 fully saturated rings. The lowest BCUT2D eigenvalue weighted by molar-refractivity contribution is 0.0528. The number of hydrogen-bond donors (Lipinski definition) is 4. The molecule has 0 aliphatic heterocycles. The van der Waals surface area contributed by atoms with Crippen LogP contribution in [0.2, 0.25) is 5.02 Å². The standard InChI is InChI=1S/C16H22ClN3O5S/c1-16(2,3)25-15(23)19-6-5-18-14(26)20-11-8-12(24-4)9(13(21)22)7-10(11)17/h7-8H,5-6H2,1-4H3,(H,19,23)(H,21,22)(H2,18,20,26). The Morgan fingerprint density at radius 2 is 1.85 bits per heavy atom. The molecular formula is C16H22ClN3O5S. The first-order valence-electron chi connectivity index (χ1n) is 7.66. The normalized spacial score (nSPS) is 10.7. The molecule has 0 bridgehead atoms. The van der Waals surface area contributed by atoms with Gasteiger partial charge in [0.15, 0.2) is 5.11 Å². The van der Waals surface area contributed by atoms with E-state index in [1.807, 2.05) is 0 Å². The number of nitrogens with one attached hydrogen (secondary N) is 3. The molecule has 26 heavy (non-hydrogen) atoms. The van der Waals surface area contributed by atoms with Crippen LogP contribution < -0.4 is 20.7 Å². The molecule has 1 rings (SSSR count). The number of carbonyl (C=O) groups excluding carboxylic acids is 1. The van der Waals surface area contributed by atoms with E-state index >= 15 is 0 Å². The van der Waals surface area contributed by atoms with Crippen molar-refractivity contribution in [3.8, 4) is 5.75 Å². The molecule has 0 saturated heterocycles. The van der Waals surface area contributed by atoms with Crippen LogP contribution in [0.3, 0.4) is 0 Å². The summed E-state index contributed by atoms with van der Waals surface area (Å²) >= 11 is 11.2. The Morgan fingerprint density at radius 1 is 1.23 bits per heavy atom. The van der Waals surface area contributed by atoms with Gasteiger partial charge in [0.1, 0.15) is 16.9 Å². The molecule has 4 N–H and O–H groups in total. The largest absolute Gasteiger partial charge is 0.496 e. The van der Waals surface area contributed by atoms with Gasteiger partial charge in [-0.3, -0.25) is 0 Å². The van der Waals surface area contributed by atoms with Crippen LogP contribution in [-0.2, 0) is 4.74 Å². The highest BCUT2D eigenvalue weighted by atomic mass is 35.5. The zero-order chi connectivity index (χ0) is 19.9. The SMILES string of the molecule is COc1cc(NC(=S)NCCNC(=O)OC(C)(C)C)c(Cl)cc1C(=O)O. The fourth-order valence-corrected chi connectivity index (χ4v) is 2.23. The average Bonchev–Trinajstić information content (AvgIpc) is 2.51. The molecule has 0 saturated carbocycles. The second kappa shape index (κ2) is 9.44. The Balaban J connectivity index is 2.53. The highest BCUT2D eigenvalue weighted by Gasteiger charge is 2.16. The van der Waals surface area contributed by atoms with Gasteiger partial charge in [0, 0.05) is 19.2 Å². The first-order valence-corrected chi connectivity index (χ1v) is 8.44. The van der Waals surface area contributed by atoms with Crippen LogP contribution in [0, 0.1) is 0 Å². The number of amides is 1. The van der Waals surface area contributed by atoms with Crippen LogP contribution >= 0.6 is 23.8 Å². The van der Waals surface area contributed by atoms with Gasteiger partial charge in [-0.25, -0.2) is 9.59 Å². The number of methoxy groups -OCH3 is 1. The van der Waals surface area contributed by atoms with Crippen molar-refractivity contribution in [1.29, 1.82) is 0 Å². The maximum absolute atomic E-state index is 11.5. The number of rotatable bonds is 6. The summed E-state index contributed by atoms with van der Waals surface area (Å²) in [5.74, 6) is -0.997. The van der Waals surface area contributed by atoms with Crippen LogP contribution in [0.5, 0.6) is 5.75 Å². The lowest BCUT2D eigenvalue weighted by Crippen LogP contribution is -2.39. The van der Waals surface area contributed by atoms with Crippen LogP contribution in [0.4, 0.5) is 10.5 Å². The lowest BCUT2D eigenvalue weighted by atomic mass is 10.2. The third kappa shape index (κ3) is 7.32. The molecule has 0 radical (unpaired) electrons. The van der Waals surface area contributed by atoms with E-state index in [0.29, 0.717) is 18.8 Å². The second-order valence-corrected chi connectivity index (χ2v) is 6.96. The van der Waals surface area contributed by atoms with Gasteiger partial charge in [-0.1, -0.05) is 11.6 Å². The number of hydrogen-bond acceptors (Lipinski definition) is 5. The molecule has 8 nitrogen and oxygen atoms in total. The van der Waals surface area contributed by atoms with Crippen LogP contribution in [0.15, 0.2) is 12.1 Å². The van der Waals surface area contributed by atoms with Gasteiger partial charge in [0.2, 0.25) is 0 Å².